The fourth-order valence-corrected chi connectivity index (χ4v) is 5.75. The zero-order valence-corrected chi connectivity index (χ0v) is 26.2. The van der Waals surface area contributed by atoms with Crippen molar-refractivity contribution < 1.29 is 27.5 Å². The highest BCUT2D eigenvalue weighted by Gasteiger charge is 2.34. The van der Waals surface area contributed by atoms with Gasteiger partial charge >= 0.3 is 0 Å². The van der Waals surface area contributed by atoms with E-state index in [-0.39, 0.29) is 34.8 Å². The Labute approximate surface area is 250 Å². The van der Waals surface area contributed by atoms with E-state index in [1.165, 1.54) is 43.4 Å². The first-order valence-electron chi connectivity index (χ1n) is 13.2. The molecule has 0 spiro atoms. The molecule has 220 valence electrons. The predicted octanol–water partition coefficient (Wildman–Crippen LogP) is 4.99. The third-order valence-corrected chi connectivity index (χ3v) is 9.02. The zero-order valence-electron chi connectivity index (χ0n) is 23.8. The molecule has 9 nitrogen and oxygen atoms in total. The molecule has 0 unspecified atom stereocenters. The number of hydrogen-bond donors (Lipinski definition) is 1. The van der Waals surface area contributed by atoms with Crippen molar-refractivity contribution in [3.8, 4) is 11.5 Å². The minimum atomic E-state index is -4.24. The lowest BCUT2D eigenvalue weighted by Gasteiger charge is -2.32. The Hall–Kier alpha value is -3.57. The van der Waals surface area contributed by atoms with Crippen LogP contribution in [0.4, 0.5) is 5.69 Å². The number of nitrogens with one attached hydrogen (secondary N) is 1. The van der Waals surface area contributed by atoms with Gasteiger partial charge in [0.2, 0.25) is 11.8 Å². The molecule has 2 amide bonds. The van der Waals surface area contributed by atoms with E-state index < -0.39 is 28.5 Å². The summed E-state index contributed by atoms with van der Waals surface area (Å²) in [5, 5.41) is 2.93. The van der Waals surface area contributed by atoms with Crippen LogP contribution in [0.5, 0.6) is 11.5 Å². The SMILES string of the molecule is CC[C@@H](C)NC(=O)[C@@H](C)N(Cc1ccc(Br)cc1)C(=O)CN(c1ccccc1OC)S(=O)(=O)c1ccc(OC)cc1. The highest BCUT2D eigenvalue weighted by Crippen LogP contribution is 2.33. The lowest BCUT2D eigenvalue weighted by Crippen LogP contribution is -2.52. The molecule has 3 rings (SSSR count). The first-order chi connectivity index (χ1) is 19.5. The van der Waals surface area contributed by atoms with Gasteiger partial charge in [0.05, 0.1) is 24.8 Å². The van der Waals surface area contributed by atoms with E-state index in [4.69, 9.17) is 9.47 Å². The fourth-order valence-electron chi connectivity index (χ4n) is 4.06. The van der Waals surface area contributed by atoms with Gasteiger partial charge in [0, 0.05) is 17.1 Å². The number of rotatable bonds is 13. The molecule has 0 radical (unpaired) electrons. The third kappa shape index (κ3) is 8.01. The monoisotopic (exact) mass is 645 g/mol. The van der Waals surface area contributed by atoms with Gasteiger partial charge < -0.3 is 19.7 Å². The Kier molecular flexibility index (Phi) is 11.2. The van der Waals surface area contributed by atoms with Crippen LogP contribution in [0.15, 0.2) is 82.2 Å². The first kappa shape index (κ1) is 32.0. The predicted molar refractivity (Wildman–Crippen MR) is 163 cm³/mol. The van der Waals surface area contributed by atoms with Crippen molar-refractivity contribution in [2.24, 2.45) is 0 Å². The minimum absolute atomic E-state index is 0.0287. The van der Waals surface area contributed by atoms with E-state index >= 15 is 0 Å². The summed E-state index contributed by atoms with van der Waals surface area (Å²) in [5.41, 5.74) is 0.978. The molecule has 0 aliphatic carbocycles. The van der Waals surface area contributed by atoms with Gasteiger partial charge in [-0.05, 0) is 74.4 Å². The van der Waals surface area contributed by atoms with Crippen LogP contribution in [0.2, 0.25) is 0 Å². The standard InChI is InChI=1S/C30H36BrN3O6S/c1-6-21(2)32-30(36)22(3)33(19-23-11-13-24(31)14-12-23)29(35)20-34(27-9-7-8-10-28(27)40-5)41(37,38)26-17-15-25(39-4)16-18-26/h7-18,21-22H,6,19-20H2,1-5H3,(H,32,36)/t21-,22-/m1/s1. The summed E-state index contributed by atoms with van der Waals surface area (Å²) in [6, 6.07) is 18.9. The van der Waals surface area contributed by atoms with Crippen molar-refractivity contribution in [2.45, 2.75) is 50.7 Å². The number of sulfonamides is 1. The number of carbonyl (C=O) groups is 2. The van der Waals surface area contributed by atoms with Crippen molar-refractivity contribution in [1.82, 2.24) is 10.2 Å². The summed E-state index contributed by atoms with van der Waals surface area (Å²) in [7, 11) is -1.33. The van der Waals surface area contributed by atoms with Crippen molar-refractivity contribution in [2.75, 3.05) is 25.1 Å². The summed E-state index contributed by atoms with van der Waals surface area (Å²) in [6.45, 7) is 5.02. The highest BCUT2D eigenvalue weighted by atomic mass is 79.9. The lowest BCUT2D eigenvalue weighted by atomic mass is 10.1. The topological polar surface area (TPSA) is 105 Å². The molecule has 1 N–H and O–H groups in total. The Bertz CT molecular complexity index is 1430. The Morgan fingerprint density at radius 1 is 0.927 bits per heavy atom. The zero-order chi connectivity index (χ0) is 30.2. The average Bonchev–Trinajstić information content (AvgIpc) is 2.98. The summed E-state index contributed by atoms with van der Waals surface area (Å²) >= 11 is 3.42. The number of ether oxygens (including phenoxy) is 2. The summed E-state index contributed by atoms with van der Waals surface area (Å²) in [6.07, 6.45) is 0.723. The van der Waals surface area contributed by atoms with Gasteiger partial charge in [-0.2, -0.15) is 0 Å². The van der Waals surface area contributed by atoms with Gasteiger partial charge in [-0.15, -0.1) is 0 Å². The molecule has 3 aromatic carbocycles. The van der Waals surface area contributed by atoms with Crippen LogP contribution in [-0.4, -0.2) is 58.0 Å². The molecular formula is C30H36BrN3O6S. The molecule has 0 aliphatic rings. The molecule has 3 aromatic rings. The molecule has 41 heavy (non-hydrogen) atoms. The van der Waals surface area contributed by atoms with Crippen molar-refractivity contribution in [3.63, 3.8) is 0 Å². The summed E-state index contributed by atoms with van der Waals surface area (Å²) in [4.78, 5) is 28.6. The first-order valence-corrected chi connectivity index (χ1v) is 15.4. The second-order valence-corrected chi connectivity index (χ2v) is 12.3. The molecule has 0 aliphatic heterocycles. The Balaban J connectivity index is 2.06. The maximum Gasteiger partial charge on any atom is 0.264 e. The van der Waals surface area contributed by atoms with E-state index in [1.54, 1.807) is 31.2 Å². The van der Waals surface area contributed by atoms with Crippen LogP contribution in [-0.2, 0) is 26.2 Å². The van der Waals surface area contributed by atoms with Crippen molar-refractivity contribution in [3.05, 3.63) is 82.8 Å². The van der Waals surface area contributed by atoms with Crippen molar-refractivity contribution in [1.29, 1.82) is 0 Å². The summed E-state index contributed by atoms with van der Waals surface area (Å²) < 4.78 is 40.6. The maximum atomic E-state index is 14.0. The Morgan fingerprint density at radius 2 is 1.56 bits per heavy atom. The number of anilines is 1. The molecule has 11 heteroatoms. The molecule has 0 heterocycles. The van der Waals surface area contributed by atoms with Gasteiger partial charge in [0.15, 0.2) is 0 Å². The molecular weight excluding hydrogens is 610 g/mol. The number of amides is 2. The minimum Gasteiger partial charge on any atom is -0.497 e. The second-order valence-electron chi connectivity index (χ2n) is 9.50. The highest BCUT2D eigenvalue weighted by molar-refractivity contribution is 9.10. The number of halogens is 1. The van der Waals surface area contributed by atoms with Crippen LogP contribution < -0.4 is 19.1 Å². The van der Waals surface area contributed by atoms with E-state index in [0.29, 0.717) is 5.75 Å². The normalized spacial score (nSPS) is 12.6. The molecule has 2 atom stereocenters. The largest absolute Gasteiger partial charge is 0.497 e. The molecule has 0 fully saturated rings. The van der Waals surface area contributed by atoms with Crippen LogP contribution >= 0.6 is 15.9 Å². The number of hydrogen-bond acceptors (Lipinski definition) is 6. The third-order valence-electron chi connectivity index (χ3n) is 6.71. The lowest BCUT2D eigenvalue weighted by molar-refractivity contribution is -0.139. The van der Waals surface area contributed by atoms with E-state index in [2.05, 4.69) is 21.2 Å². The fraction of sp³-hybridized carbons (Fsp3) is 0.333. The second kappa shape index (κ2) is 14.4. The smallest absolute Gasteiger partial charge is 0.264 e. The number of nitrogens with zero attached hydrogens (tertiary/aromatic N) is 2. The van der Waals surface area contributed by atoms with E-state index in [0.717, 1.165) is 20.8 Å². The number of methoxy groups -OCH3 is 2. The van der Waals surface area contributed by atoms with E-state index in [1.807, 2.05) is 38.1 Å². The molecule has 0 aromatic heterocycles. The number of carbonyl (C=O) groups excluding carboxylic acids is 2. The van der Waals surface area contributed by atoms with Gasteiger partial charge in [0.25, 0.3) is 10.0 Å². The Morgan fingerprint density at radius 3 is 2.15 bits per heavy atom. The van der Waals surface area contributed by atoms with Gasteiger partial charge in [-0.3, -0.25) is 13.9 Å². The number of benzene rings is 3. The van der Waals surface area contributed by atoms with Crippen LogP contribution in [0.3, 0.4) is 0 Å². The van der Waals surface area contributed by atoms with Gasteiger partial charge in [0.1, 0.15) is 24.1 Å². The number of para-hydroxylation sites is 2. The van der Waals surface area contributed by atoms with Gasteiger partial charge in [-0.25, -0.2) is 8.42 Å². The molecule has 0 bridgehead atoms. The van der Waals surface area contributed by atoms with Crippen molar-refractivity contribution >= 4 is 43.5 Å². The maximum absolute atomic E-state index is 14.0. The summed E-state index contributed by atoms with van der Waals surface area (Å²) in [5.74, 6) is -0.112. The van der Waals surface area contributed by atoms with Gasteiger partial charge in [-0.1, -0.05) is 47.1 Å². The molecule has 0 saturated heterocycles. The van der Waals surface area contributed by atoms with Crippen LogP contribution in [0.1, 0.15) is 32.8 Å². The van der Waals surface area contributed by atoms with E-state index in [9.17, 15) is 18.0 Å². The van der Waals surface area contributed by atoms with Crippen LogP contribution in [0.25, 0.3) is 0 Å². The van der Waals surface area contributed by atoms with Crippen LogP contribution in [0, 0.1) is 0 Å². The average molecular weight is 647 g/mol. The quantitative estimate of drug-likeness (QED) is 0.281. The molecule has 0 saturated carbocycles.